The van der Waals surface area contributed by atoms with Crippen molar-refractivity contribution in [3.05, 3.63) is 42.2 Å². The maximum Gasteiger partial charge on any atom is 0.249 e. The first-order chi connectivity index (χ1) is 10.8. The molecule has 7 nitrogen and oxygen atoms in total. The van der Waals surface area contributed by atoms with Crippen LogP contribution in [0.3, 0.4) is 0 Å². The lowest BCUT2D eigenvalue weighted by Gasteiger charge is -2.21. The van der Waals surface area contributed by atoms with Gasteiger partial charge in [0, 0.05) is 0 Å². The van der Waals surface area contributed by atoms with Crippen molar-refractivity contribution in [1.29, 1.82) is 0 Å². The topological polar surface area (TPSA) is 92.9 Å². The van der Waals surface area contributed by atoms with Gasteiger partial charge in [-0.1, -0.05) is 30.3 Å². The van der Waals surface area contributed by atoms with Crippen LogP contribution in [0.15, 0.2) is 36.7 Å². The van der Waals surface area contributed by atoms with Gasteiger partial charge in [-0.25, -0.2) is 4.68 Å². The molecule has 0 fully saturated rings. The Bertz CT molecular complexity index is 564. The van der Waals surface area contributed by atoms with E-state index in [4.69, 9.17) is 0 Å². The van der Waals surface area contributed by atoms with Gasteiger partial charge in [-0.15, -0.1) is 5.10 Å². The van der Waals surface area contributed by atoms with Crippen molar-refractivity contribution in [2.75, 3.05) is 18.6 Å². The molecule has 8 heteroatoms. The van der Waals surface area contributed by atoms with Crippen LogP contribution in [0.2, 0.25) is 0 Å². The number of carbonyl (C=O) groups excluding carboxylic acids is 1. The molecule has 0 radical (unpaired) electrons. The smallest absolute Gasteiger partial charge is 0.249 e. The minimum Gasteiger partial charge on any atom is -0.394 e. The number of carbonyl (C=O) groups is 1. The lowest BCUT2D eigenvalue weighted by Crippen LogP contribution is -2.42. The average Bonchev–Trinajstić information content (AvgIpc) is 3.06. The molecular formula is C14H19N5O2S. The van der Waals surface area contributed by atoms with E-state index >= 15 is 0 Å². The number of amides is 1. The van der Waals surface area contributed by atoms with Crippen LogP contribution in [0.1, 0.15) is 18.0 Å². The predicted molar refractivity (Wildman–Crippen MR) is 84.4 cm³/mol. The Labute approximate surface area is 133 Å². The number of nitrogens with zero attached hydrogens (tertiary/aromatic N) is 4. The number of aliphatic hydroxyl groups is 1. The van der Waals surface area contributed by atoms with E-state index in [0.717, 1.165) is 11.3 Å². The zero-order valence-electron chi connectivity index (χ0n) is 12.3. The number of nitrogens with one attached hydrogen (secondary N) is 1. The summed E-state index contributed by atoms with van der Waals surface area (Å²) in [5.41, 5.74) is 0.786. The molecular weight excluding hydrogens is 302 g/mol. The fourth-order valence-corrected chi connectivity index (χ4v) is 2.62. The number of aliphatic hydroxyl groups excluding tert-OH is 1. The molecule has 2 rings (SSSR count). The molecule has 0 saturated carbocycles. The summed E-state index contributed by atoms with van der Waals surface area (Å²) in [6, 6.07) is 8.37. The Balaban J connectivity index is 2.17. The van der Waals surface area contributed by atoms with E-state index in [9.17, 15) is 9.90 Å². The van der Waals surface area contributed by atoms with Crippen molar-refractivity contribution in [3.63, 3.8) is 0 Å². The van der Waals surface area contributed by atoms with Gasteiger partial charge in [0.1, 0.15) is 6.33 Å². The van der Waals surface area contributed by atoms with Crippen molar-refractivity contribution in [2.45, 2.75) is 18.5 Å². The molecule has 2 N–H and O–H groups in total. The summed E-state index contributed by atoms with van der Waals surface area (Å²) < 4.78 is 1.41. The molecule has 0 aliphatic carbocycles. The van der Waals surface area contributed by atoms with Gasteiger partial charge in [-0.05, 0) is 34.4 Å². The first-order valence-corrected chi connectivity index (χ1v) is 8.33. The van der Waals surface area contributed by atoms with Crippen LogP contribution >= 0.6 is 11.8 Å². The summed E-state index contributed by atoms with van der Waals surface area (Å²) in [5, 5.41) is 23.3. The summed E-state index contributed by atoms with van der Waals surface area (Å²) in [5.74, 6) is 0.630. The lowest BCUT2D eigenvalue weighted by molar-refractivity contribution is -0.124. The van der Waals surface area contributed by atoms with Crippen molar-refractivity contribution in [2.24, 2.45) is 0 Å². The van der Waals surface area contributed by atoms with E-state index < -0.39 is 6.04 Å². The third-order valence-electron chi connectivity index (χ3n) is 3.23. The van der Waals surface area contributed by atoms with Gasteiger partial charge in [0.15, 0.2) is 6.04 Å². The van der Waals surface area contributed by atoms with E-state index in [1.54, 1.807) is 11.8 Å². The van der Waals surface area contributed by atoms with Gasteiger partial charge >= 0.3 is 0 Å². The highest BCUT2D eigenvalue weighted by Crippen LogP contribution is 2.17. The van der Waals surface area contributed by atoms with E-state index in [1.165, 1.54) is 11.0 Å². The van der Waals surface area contributed by atoms with Gasteiger partial charge < -0.3 is 10.4 Å². The minimum absolute atomic E-state index is 0.0938. The van der Waals surface area contributed by atoms with Crippen LogP contribution in [0.25, 0.3) is 0 Å². The standard InChI is InChI=1S/C14H19N5O2S/c1-22-8-7-12(9-20)16-14(21)13(19-10-15-17-18-19)11-5-3-2-4-6-11/h2-6,10,12-13,20H,7-9H2,1H3,(H,16,21). The quantitative estimate of drug-likeness (QED) is 0.735. The first kappa shape index (κ1) is 16.4. The Morgan fingerprint density at radius 3 is 2.77 bits per heavy atom. The predicted octanol–water partition coefficient (Wildman–Crippen LogP) is 0.493. The summed E-state index contributed by atoms with van der Waals surface area (Å²) in [7, 11) is 0. The second kappa shape index (κ2) is 8.50. The third-order valence-corrected chi connectivity index (χ3v) is 3.87. The Morgan fingerprint density at radius 1 is 1.41 bits per heavy atom. The van der Waals surface area contributed by atoms with E-state index in [1.807, 2.05) is 36.6 Å². The average molecular weight is 321 g/mol. The number of rotatable bonds is 8. The van der Waals surface area contributed by atoms with E-state index in [-0.39, 0.29) is 18.6 Å². The largest absolute Gasteiger partial charge is 0.394 e. The van der Waals surface area contributed by atoms with Gasteiger partial charge in [0.2, 0.25) is 5.91 Å². The third kappa shape index (κ3) is 4.28. The molecule has 0 saturated heterocycles. The molecule has 0 aliphatic rings. The molecule has 2 unspecified atom stereocenters. The van der Waals surface area contributed by atoms with Gasteiger partial charge in [-0.3, -0.25) is 4.79 Å². The Hall–Kier alpha value is -1.93. The first-order valence-electron chi connectivity index (χ1n) is 6.94. The van der Waals surface area contributed by atoms with Crippen LogP contribution in [0, 0.1) is 0 Å². The summed E-state index contributed by atoms with van der Waals surface area (Å²) >= 11 is 1.67. The highest BCUT2D eigenvalue weighted by molar-refractivity contribution is 7.98. The molecule has 22 heavy (non-hydrogen) atoms. The number of aromatic nitrogens is 4. The molecule has 2 atom stereocenters. The molecule has 2 aromatic rings. The summed E-state index contributed by atoms with van der Waals surface area (Å²) in [6.07, 6.45) is 4.11. The minimum atomic E-state index is -0.653. The zero-order valence-corrected chi connectivity index (χ0v) is 13.1. The lowest BCUT2D eigenvalue weighted by atomic mass is 10.1. The highest BCUT2D eigenvalue weighted by Gasteiger charge is 2.25. The molecule has 1 heterocycles. The maximum atomic E-state index is 12.6. The van der Waals surface area contributed by atoms with Crippen LogP contribution in [-0.2, 0) is 4.79 Å². The van der Waals surface area contributed by atoms with Crippen molar-refractivity contribution in [1.82, 2.24) is 25.5 Å². The van der Waals surface area contributed by atoms with E-state index in [2.05, 4.69) is 20.8 Å². The number of hydrogen-bond donors (Lipinski definition) is 2. The van der Waals surface area contributed by atoms with Gasteiger partial charge in [-0.2, -0.15) is 11.8 Å². The fraction of sp³-hybridized carbons (Fsp3) is 0.429. The second-order valence-electron chi connectivity index (χ2n) is 4.77. The molecule has 0 aliphatic heterocycles. The van der Waals surface area contributed by atoms with Crippen LogP contribution in [0.5, 0.6) is 0 Å². The molecule has 1 amide bonds. The summed E-state index contributed by atoms with van der Waals surface area (Å²) in [6.45, 7) is -0.0938. The molecule has 1 aromatic carbocycles. The summed E-state index contributed by atoms with van der Waals surface area (Å²) in [4.78, 5) is 12.6. The van der Waals surface area contributed by atoms with Gasteiger partial charge in [0.25, 0.3) is 0 Å². The van der Waals surface area contributed by atoms with Crippen molar-refractivity contribution < 1.29 is 9.90 Å². The van der Waals surface area contributed by atoms with Gasteiger partial charge in [0.05, 0.1) is 12.6 Å². The van der Waals surface area contributed by atoms with Crippen LogP contribution in [-0.4, -0.2) is 55.9 Å². The molecule has 1 aromatic heterocycles. The van der Waals surface area contributed by atoms with Crippen LogP contribution < -0.4 is 5.32 Å². The zero-order chi connectivity index (χ0) is 15.8. The SMILES string of the molecule is CSCCC(CO)NC(=O)C(c1ccccc1)n1cnnn1. The fourth-order valence-electron chi connectivity index (χ4n) is 2.10. The molecule has 118 valence electrons. The number of tetrazole rings is 1. The monoisotopic (exact) mass is 321 g/mol. The second-order valence-corrected chi connectivity index (χ2v) is 5.76. The van der Waals surface area contributed by atoms with Crippen molar-refractivity contribution >= 4 is 17.7 Å². The van der Waals surface area contributed by atoms with E-state index in [0.29, 0.717) is 6.42 Å². The highest BCUT2D eigenvalue weighted by atomic mass is 32.2. The Morgan fingerprint density at radius 2 is 2.18 bits per heavy atom. The van der Waals surface area contributed by atoms with Crippen molar-refractivity contribution in [3.8, 4) is 0 Å². The molecule has 0 bridgehead atoms. The number of hydrogen-bond acceptors (Lipinski definition) is 6. The normalized spacial score (nSPS) is 13.5. The number of benzene rings is 1. The molecule has 0 spiro atoms. The number of thioether (sulfide) groups is 1. The van der Waals surface area contributed by atoms with Crippen LogP contribution in [0.4, 0.5) is 0 Å². The maximum absolute atomic E-state index is 12.6. The Kier molecular flexibility index (Phi) is 6.35.